The van der Waals surface area contributed by atoms with Gasteiger partial charge >= 0.3 is 5.63 Å². The Labute approximate surface area is 158 Å². The zero-order valence-electron chi connectivity index (χ0n) is 15.6. The molecule has 0 aliphatic carbocycles. The molecule has 0 bridgehead atoms. The van der Waals surface area contributed by atoms with Crippen molar-refractivity contribution in [2.24, 2.45) is 0 Å². The summed E-state index contributed by atoms with van der Waals surface area (Å²) in [6.07, 6.45) is 1.62. The van der Waals surface area contributed by atoms with E-state index in [2.05, 4.69) is 42.5 Å². The minimum atomic E-state index is -0.309. The summed E-state index contributed by atoms with van der Waals surface area (Å²) in [5.41, 5.74) is 3.44. The normalized spacial score (nSPS) is 11.2. The number of ether oxygens (including phenoxy) is 1. The highest BCUT2D eigenvalue weighted by Gasteiger charge is 2.11. The third-order valence-corrected chi connectivity index (χ3v) is 5.04. The molecule has 0 unspecified atom stereocenters. The quantitative estimate of drug-likeness (QED) is 0.446. The van der Waals surface area contributed by atoms with Crippen LogP contribution in [0.3, 0.4) is 0 Å². The summed E-state index contributed by atoms with van der Waals surface area (Å²) in [7, 11) is 0. The fraction of sp³-hybridized carbons (Fsp3) is 0.208. The van der Waals surface area contributed by atoms with E-state index >= 15 is 0 Å². The van der Waals surface area contributed by atoms with Crippen molar-refractivity contribution in [1.29, 1.82) is 0 Å². The van der Waals surface area contributed by atoms with Gasteiger partial charge < -0.3 is 9.15 Å². The van der Waals surface area contributed by atoms with E-state index in [1.807, 2.05) is 26.0 Å². The van der Waals surface area contributed by atoms with Gasteiger partial charge in [-0.05, 0) is 47.4 Å². The summed E-state index contributed by atoms with van der Waals surface area (Å²) in [5, 5.41) is 3.47. The minimum absolute atomic E-state index is 0.309. The Bertz CT molecular complexity index is 1170. The van der Waals surface area contributed by atoms with Gasteiger partial charge in [-0.1, -0.05) is 49.4 Å². The summed E-state index contributed by atoms with van der Waals surface area (Å²) < 4.78 is 11.5. The number of rotatable bonds is 5. The molecule has 0 fully saturated rings. The molecule has 0 spiro atoms. The first-order chi connectivity index (χ1) is 13.2. The summed E-state index contributed by atoms with van der Waals surface area (Å²) >= 11 is 0. The van der Waals surface area contributed by atoms with Gasteiger partial charge in [0.05, 0.1) is 6.61 Å². The second kappa shape index (κ2) is 7.28. The lowest BCUT2D eigenvalue weighted by atomic mass is 10.0. The number of aryl methyl sites for hydroxylation is 2. The van der Waals surface area contributed by atoms with Gasteiger partial charge in [-0.3, -0.25) is 0 Å². The van der Waals surface area contributed by atoms with E-state index in [0.29, 0.717) is 12.2 Å². The molecule has 27 heavy (non-hydrogen) atoms. The van der Waals surface area contributed by atoms with Crippen molar-refractivity contribution in [3.8, 4) is 5.75 Å². The van der Waals surface area contributed by atoms with Crippen molar-refractivity contribution in [1.82, 2.24) is 0 Å². The highest BCUT2D eigenvalue weighted by atomic mass is 16.5. The smallest absolute Gasteiger partial charge is 0.336 e. The maximum absolute atomic E-state index is 11.8. The number of benzene rings is 3. The SMILES string of the molecule is CCc1cc(=O)oc2c(C)c(OCCc3ccc4ccccc4c3)ccc12. The molecule has 0 saturated heterocycles. The topological polar surface area (TPSA) is 39.4 Å². The molecular formula is C24H22O3. The van der Waals surface area contributed by atoms with Gasteiger partial charge in [0.15, 0.2) is 0 Å². The first kappa shape index (κ1) is 17.3. The van der Waals surface area contributed by atoms with Crippen molar-refractivity contribution < 1.29 is 9.15 Å². The summed E-state index contributed by atoms with van der Waals surface area (Å²) in [6, 6.07) is 20.4. The average molecular weight is 358 g/mol. The van der Waals surface area contributed by atoms with Crippen LogP contribution in [-0.2, 0) is 12.8 Å². The van der Waals surface area contributed by atoms with Crippen LogP contribution in [0.15, 0.2) is 69.9 Å². The van der Waals surface area contributed by atoms with Gasteiger partial charge in [0.25, 0.3) is 0 Å². The van der Waals surface area contributed by atoms with Gasteiger partial charge in [-0.15, -0.1) is 0 Å². The van der Waals surface area contributed by atoms with E-state index in [-0.39, 0.29) is 5.63 Å². The molecule has 0 atom stereocenters. The van der Waals surface area contributed by atoms with Crippen molar-refractivity contribution in [3.05, 3.63) is 87.8 Å². The van der Waals surface area contributed by atoms with Crippen LogP contribution < -0.4 is 10.4 Å². The van der Waals surface area contributed by atoms with E-state index in [4.69, 9.17) is 9.15 Å². The van der Waals surface area contributed by atoms with Crippen LogP contribution in [0.25, 0.3) is 21.7 Å². The van der Waals surface area contributed by atoms with Gasteiger partial charge in [-0.2, -0.15) is 0 Å². The molecule has 3 nitrogen and oxygen atoms in total. The molecule has 136 valence electrons. The molecule has 1 aromatic heterocycles. The average Bonchev–Trinajstić information content (AvgIpc) is 2.69. The molecule has 0 aliphatic rings. The fourth-order valence-corrected chi connectivity index (χ4v) is 3.53. The zero-order valence-corrected chi connectivity index (χ0v) is 15.6. The van der Waals surface area contributed by atoms with E-state index in [0.717, 1.165) is 35.1 Å². The highest BCUT2D eigenvalue weighted by Crippen LogP contribution is 2.28. The van der Waals surface area contributed by atoms with Gasteiger partial charge in [-0.25, -0.2) is 4.79 Å². The molecule has 4 aromatic rings. The van der Waals surface area contributed by atoms with Crippen molar-refractivity contribution >= 4 is 21.7 Å². The standard InChI is InChI=1S/C24H22O3/c1-3-18-15-23(25)27-24-16(2)22(11-10-21(18)24)26-13-12-17-8-9-19-6-4-5-7-20(19)14-17/h4-11,14-15H,3,12-13H2,1-2H3. The molecule has 0 amide bonds. The monoisotopic (exact) mass is 358 g/mol. The van der Waals surface area contributed by atoms with Crippen molar-refractivity contribution in [3.63, 3.8) is 0 Å². The van der Waals surface area contributed by atoms with Crippen LogP contribution in [0, 0.1) is 6.92 Å². The van der Waals surface area contributed by atoms with Crippen molar-refractivity contribution in [2.75, 3.05) is 6.61 Å². The van der Waals surface area contributed by atoms with E-state index in [1.165, 1.54) is 16.3 Å². The Morgan fingerprint density at radius 2 is 1.78 bits per heavy atom. The second-order valence-electron chi connectivity index (χ2n) is 6.79. The Hall–Kier alpha value is -3.07. The molecule has 3 heteroatoms. The first-order valence-corrected chi connectivity index (χ1v) is 9.32. The summed E-state index contributed by atoms with van der Waals surface area (Å²) in [6.45, 7) is 4.55. The Balaban J connectivity index is 1.54. The van der Waals surface area contributed by atoms with Gasteiger partial charge in [0.1, 0.15) is 11.3 Å². The predicted molar refractivity (Wildman–Crippen MR) is 110 cm³/mol. The third-order valence-electron chi connectivity index (χ3n) is 5.04. The van der Waals surface area contributed by atoms with Crippen LogP contribution in [0.5, 0.6) is 5.75 Å². The number of hydrogen-bond acceptors (Lipinski definition) is 3. The lowest BCUT2D eigenvalue weighted by molar-refractivity contribution is 0.319. The highest BCUT2D eigenvalue weighted by molar-refractivity contribution is 5.85. The number of hydrogen-bond donors (Lipinski definition) is 0. The second-order valence-corrected chi connectivity index (χ2v) is 6.79. The molecule has 1 heterocycles. The summed E-state index contributed by atoms with van der Waals surface area (Å²) in [4.78, 5) is 11.8. The Morgan fingerprint density at radius 3 is 2.59 bits per heavy atom. The van der Waals surface area contributed by atoms with Gasteiger partial charge in [0, 0.05) is 23.4 Å². The third kappa shape index (κ3) is 3.45. The van der Waals surface area contributed by atoms with Crippen LogP contribution in [0.2, 0.25) is 0 Å². The predicted octanol–water partition coefficient (Wildman–Crippen LogP) is 5.44. The summed E-state index contributed by atoms with van der Waals surface area (Å²) in [5.74, 6) is 0.764. The van der Waals surface area contributed by atoms with Crippen LogP contribution in [0.1, 0.15) is 23.6 Å². The molecule has 0 saturated carbocycles. The molecule has 3 aromatic carbocycles. The molecular weight excluding hydrogens is 336 g/mol. The lowest BCUT2D eigenvalue weighted by Gasteiger charge is -2.12. The Morgan fingerprint density at radius 1 is 0.963 bits per heavy atom. The van der Waals surface area contributed by atoms with E-state index < -0.39 is 0 Å². The molecule has 0 radical (unpaired) electrons. The van der Waals surface area contributed by atoms with Gasteiger partial charge in [0.2, 0.25) is 0 Å². The fourth-order valence-electron chi connectivity index (χ4n) is 3.53. The molecule has 0 aliphatic heterocycles. The zero-order chi connectivity index (χ0) is 18.8. The maximum atomic E-state index is 11.8. The molecule has 4 rings (SSSR count). The lowest BCUT2D eigenvalue weighted by Crippen LogP contribution is -2.05. The first-order valence-electron chi connectivity index (χ1n) is 9.32. The minimum Gasteiger partial charge on any atom is -0.493 e. The van der Waals surface area contributed by atoms with Crippen LogP contribution in [0.4, 0.5) is 0 Å². The van der Waals surface area contributed by atoms with Crippen LogP contribution in [-0.4, -0.2) is 6.61 Å². The largest absolute Gasteiger partial charge is 0.493 e. The van der Waals surface area contributed by atoms with Crippen LogP contribution >= 0.6 is 0 Å². The van der Waals surface area contributed by atoms with E-state index in [9.17, 15) is 4.79 Å². The van der Waals surface area contributed by atoms with E-state index in [1.54, 1.807) is 6.07 Å². The van der Waals surface area contributed by atoms with Crippen molar-refractivity contribution in [2.45, 2.75) is 26.7 Å². The Kier molecular flexibility index (Phi) is 4.68. The number of fused-ring (bicyclic) bond motifs is 2. The maximum Gasteiger partial charge on any atom is 0.336 e. The molecule has 0 N–H and O–H groups in total.